The summed E-state index contributed by atoms with van der Waals surface area (Å²) in [5.41, 5.74) is 3.83. The first-order valence-electron chi connectivity index (χ1n) is 11.0. The van der Waals surface area contributed by atoms with Gasteiger partial charge in [0.05, 0.1) is 17.1 Å². The van der Waals surface area contributed by atoms with Gasteiger partial charge in [-0.15, -0.1) is 0 Å². The minimum atomic E-state index is -3.85. The van der Waals surface area contributed by atoms with Crippen molar-refractivity contribution < 1.29 is 17.9 Å². The Kier molecular flexibility index (Phi) is 6.70. The Labute approximate surface area is 195 Å². The number of fused-ring (bicyclic) bond motifs is 1. The number of benzene rings is 3. The number of ether oxygens (including phenoxy) is 1. The maximum Gasteiger partial charge on any atom is 0.264 e. The van der Waals surface area contributed by atoms with Gasteiger partial charge >= 0.3 is 0 Å². The van der Waals surface area contributed by atoms with E-state index in [1.54, 1.807) is 48.5 Å². The quantitative estimate of drug-likeness (QED) is 0.536. The molecule has 0 aromatic heterocycles. The van der Waals surface area contributed by atoms with Crippen LogP contribution >= 0.6 is 0 Å². The van der Waals surface area contributed by atoms with Crippen LogP contribution in [-0.2, 0) is 21.2 Å². The Morgan fingerprint density at radius 1 is 0.970 bits per heavy atom. The normalized spacial score (nSPS) is 15.5. The van der Waals surface area contributed by atoms with Crippen LogP contribution in [0.2, 0.25) is 0 Å². The fourth-order valence-electron chi connectivity index (χ4n) is 3.78. The summed E-state index contributed by atoms with van der Waals surface area (Å²) in [7, 11) is -3.85. The number of sulfonamides is 1. The van der Waals surface area contributed by atoms with Crippen molar-refractivity contribution >= 4 is 21.6 Å². The molecule has 0 fully saturated rings. The minimum absolute atomic E-state index is 0.0863. The first-order valence-corrected chi connectivity index (χ1v) is 12.5. The molecule has 0 saturated heterocycles. The highest BCUT2D eigenvalue weighted by Gasteiger charge is 2.37. The van der Waals surface area contributed by atoms with E-state index in [0.717, 1.165) is 18.4 Å². The molecule has 0 radical (unpaired) electrons. The first kappa shape index (κ1) is 22.9. The van der Waals surface area contributed by atoms with Crippen molar-refractivity contribution in [2.75, 3.05) is 17.4 Å². The maximum absolute atomic E-state index is 13.4. The molecule has 0 spiro atoms. The largest absolute Gasteiger partial charge is 0.476 e. The molecule has 1 amide bonds. The van der Waals surface area contributed by atoms with Crippen molar-refractivity contribution in [2.45, 2.75) is 37.7 Å². The van der Waals surface area contributed by atoms with Gasteiger partial charge in [0.25, 0.3) is 15.9 Å². The van der Waals surface area contributed by atoms with Crippen molar-refractivity contribution in [1.29, 1.82) is 0 Å². The van der Waals surface area contributed by atoms with Crippen LogP contribution in [0.4, 0.5) is 5.69 Å². The molecule has 172 valence electrons. The summed E-state index contributed by atoms with van der Waals surface area (Å²) in [6.45, 7) is 4.35. The third kappa shape index (κ3) is 5.20. The number of aryl methyl sites for hydroxylation is 3. The van der Waals surface area contributed by atoms with Crippen molar-refractivity contribution in [3.63, 3.8) is 0 Å². The lowest BCUT2D eigenvalue weighted by Crippen LogP contribution is -2.50. The summed E-state index contributed by atoms with van der Waals surface area (Å²) < 4.78 is 34.0. The summed E-state index contributed by atoms with van der Waals surface area (Å²) in [5, 5.41) is 2.90. The van der Waals surface area contributed by atoms with Crippen LogP contribution in [0.25, 0.3) is 0 Å². The monoisotopic (exact) mass is 464 g/mol. The molecule has 7 heteroatoms. The molecule has 1 aliphatic heterocycles. The van der Waals surface area contributed by atoms with E-state index in [1.165, 1.54) is 15.4 Å². The van der Waals surface area contributed by atoms with Crippen molar-refractivity contribution in [2.24, 2.45) is 0 Å². The van der Waals surface area contributed by atoms with Crippen LogP contribution in [0.5, 0.6) is 5.75 Å². The molecule has 1 aliphatic rings. The molecule has 1 N–H and O–H groups in total. The highest BCUT2D eigenvalue weighted by molar-refractivity contribution is 7.92. The Morgan fingerprint density at radius 2 is 1.61 bits per heavy atom. The van der Waals surface area contributed by atoms with E-state index < -0.39 is 16.1 Å². The van der Waals surface area contributed by atoms with Gasteiger partial charge in [-0.25, -0.2) is 8.42 Å². The minimum Gasteiger partial charge on any atom is -0.476 e. The summed E-state index contributed by atoms with van der Waals surface area (Å²) in [4.78, 5) is 13.0. The van der Waals surface area contributed by atoms with E-state index >= 15 is 0 Å². The van der Waals surface area contributed by atoms with E-state index in [4.69, 9.17) is 4.74 Å². The number of rotatable bonds is 7. The van der Waals surface area contributed by atoms with Gasteiger partial charge in [-0.3, -0.25) is 9.10 Å². The Balaban J connectivity index is 1.46. The summed E-state index contributed by atoms with van der Waals surface area (Å²) in [6, 6.07) is 21.9. The zero-order valence-corrected chi connectivity index (χ0v) is 19.6. The van der Waals surface area contributed by atoms with E-state index in [1.807, 2.05) is 6.92 Å². The third-order valence-corrected chi connectivity index (χ3v) is 7.49. The number of nitrogens with one attached hydrogen (secondary N) is 1. The number of hydrogen-bond donors (Lipinski definition) is 1. The molecule has 1 atom stereocenters. The van der Waals surface area contributed by atoms with Gasteiger partial charge in [-0.2, -0.15) is 0 Å². The lowest BCUT2D eigenvalue weighted by Gasteiger charge is -2.34. The molecule has 6 nitrogen and oxygen atoms in total. The second-order valence-corrected chi connectivity index (χ2v) is 10.2. The SMILES string of the molecule is Cc1ccc(CCCNC(=O)[C@H]2CN(S(=O)(=O)c3ccc(C)cc3)c3ccccc3O2)cc1. The van der Waals surface area contributed by atoms with E-state index in [0.29, 0.717) is 18.0 Å². The van der Waals surface area contributed by atoms with Crippen LogP contribution in [-0.4, -0.2) is 33.5 Å². The van der Waals surface area contributed by atoms with Gasteiger partial charge < -0.3 is 10.1 Å². The Bertz CT molecular complexity index is 1220. The van der Waals surface area contributed by atoms with Crippen molar-refractivity contribution in [1.82, 2.24) is 5.32 Å². The van der Waals surface area contributed by atoms with Gasteiger partial charge in [-0.1, -0.05) is 59.7 Å². The number of anilines is 1. The van der Waals surface area contributed by atoms with Crippen LogP contribution < -0.4 is 14.4 Å². The number of hydrogen-bond acceptors (Lipinski definition) is 4. The van der Waals surface area contributed by atoms with E-state index in [-0.39, 0.29) is 17.3 Å². The second kappa shape index (κ2) is 9.67. The highest BCUT2D eigenvalue weighted by atomic mass is 32.2. The van der Waals surface area contributed by atoms with Crippen molar-refractivity contribution in [3.8, 4) is 5.75 Å². The third-order valence-electron chi connectivity index (χ3n) is 5.70. The van der Waals surface area contributed by atoms with Crippen molar-refractivity contribution in [3.05, 3.63) is 89.5 Å². The lowest BCUT2D eigenvalue weighted by molar-refractivity contribution is -0.127. The fraction of sp³-hybridized carbons (Fsp3) is 0.269. The first-order chi connectivity index (χ1) is 15.8. The fourth-order valence-corrected chi connectivity index (χ4v) is 5.25. The van der Waals surface area contributed by atoms with Crippen LogP contribution in [0, 0.1) is 13.8 Å². The predicted octanol–water partition coefficient (Wildman–Crippen LogP) is 4.01. The van der Waals surface area contributed by atoms with E-state index in [2.05, 4.69) is 36.5 Å². The Morgan fingerprint density at radius 3 is 2.30 bits per heavy atom. The second-order valence-electron chi connectivity index (χ2n) is 8.30. The molecule has 4 rings (SSSR count). The van der Waals surface area contributed by atoms with Gasteiger partial charge in [0.2, 0.25) is 0 Å². The molecule has 3 aromatic rings. The molecular weight excluding hydrogens is 436 g/mol. The average molecular weight is 465 g/mol. The van der Waals surface area contributed by atoms with Gasteiger partial charge in [0, 0.05) is 6.54 Å². The van der Waals surface area contributed by atoms with Crippen LogP contribution in [0.15, 0.2) is 77.7 Å². The standard InChI is InChI=1S/C26H28N2O4S/c1-19-9-13-21(14-10-19)6-5-17-27-26(29)25-18-28(23-7-3-4-8-24(23)32-25)33(30,31)22-15-11-20(2)12-16-22/h3-4,7-16,25H,5-6,17-18H2,1-2H3,(H,27,29)/t25-/m1/s1. The highest BCUT2D eigenvalue weighted by Crippen LogP contribution is 2.36. The van der Waals surface area contributed by atoms with Gasteiger partial charge in [0.1, 0.15) is 5.75 Å². The smallest absolute Gasteiger partial charge is 0.264 e. The number of carbonyl (C=O) groups excluding carboxylic acids is 1. The van der Waals surface area contributed by atoms with Crippen LogP contribution in [0.1, 0.15) is 23.1 Å². The number of amides is 1. The average Bonchev–Trinajstić information content (AvgIpc) is 2.82. The zero-order valence-electron chi connectivity index (χ0n) is 18.8. The number of para-hydroxylation sites is 2. The molecule has 1 heterocycles. The molecule has 0 saturated carbocycles. The molecule has 3 aromatic carbocycles. The molecular formula is C26H28N2O4S. The molecule has 0 aliphatic carbocycles. The molecule has 33 heavy (non-hydrogen) atoms. The summed E-state index contributed by atoms with van der Waals surface area (Å²) in [5.74, 6) is 0.0526. The topological polar surface area (TPSA) is 75.7 Å². The Hall–Kier alpha value is -3.32. The van der Waals surface area contributed by atoms with Crippen LogP contribution in [0.3, 0.4) is 0 Å². The predicted molar refractivity (Wildman–Crippen MR) is 129 cm³/mol. The number of carbonyl (C=O) groups is 1. The summed E-state index contributed by atoms with van der Waals surface area (Å²) in [6.07, 6.45) is 0.700. The lowest BCUT2D eigenvalue weighted by atomic mass is 10.1. The van der Waals surface area contributed by atoms with Gasteiger partial charge in [0.15, 0.2) is 6.10 Å². The zero-order chi connectivity index (χ0) is 23.4. The molecule has 0 unspecified atom stereocenters. The van der Waals surface area contributed by atoms with Gasteiger partial charge in [-0.05, 0) is 56.5 Å². The number of nitrogens with zero attached hydrogens (tertiary/aromatic N) is 1. The summed E-state index contributed by atoms with van der Waals surface area (Å²) >= 11 is 0. The van der Waals surface area contributed by atoms with E-state index in [9.17, 15) is 13.2 Å². The molecule has 0 bridgehead atoms. The maximum atomic E-state index is 13.4.